The van der Waals surface area contributed by atoms with Crippen LogP contribution >= 0.6 is 0 Å². The summed E-state index contributed by atoms with van der Waals surface area (Å²) < 4.78 is 53.4. The van der Waals surface area contributed by atoms with E-state index < -0.39 is 25.9 Å². The van der Waals surface area contributed by atoms with Gasteiger partial charge in [0.05, 0.1) is 15.5 Å². The molecule has 1 N–H and O–H groups in total. The summed E-state index contributed by atoms with van der Waals surface area (Å²) in [6, 6.07) is 14.1. The number of unbranched alkanes of at least 4 members (excludes halogenated alkanes) is 1. The zero-order valence-electron chi connectivity index (χ0n) is 17.4. The Bertz CT molecular complexity index is 1030. The molecule has 1 atom stereocenters. The average Bonchev–Trinajstić information content (AvgIpc) is 2.70. The van der Waals surface area contributed by atoms with Gasteiger partial charge in [-0.25, -0.2) is 21.6 Å². The molecule has 2 aromatic rings. The summed E-state index contributed by atoms with van der Waals surface area (Å²) in [7, 11) is -7.29. The van der Waals surface area contributed by atoms with Gasteiger partial charge in [0.25, 0.3) is 0 Å². The number of carbonyl (C=O) groups is 1. The molecule has 0 saturated carbocycles. The average molecular weight is 452 g/mol. The molecule has 0 aliphatic carbocycles. The first-order valence-corrected chi connectivity index (χ1v) is 13.1. The molecule has 30 heavy (non-hydrogen) atoms. The molecule has 1 unspecified atom stereocenters. The van der Waals surface area contributed by atoms with Gasteiger partial charge in [0.2, 0.25) is 10.0 Å². The fraction of sp³-hybridized carbons (Fsp3) is 0.409. The third-order valence-corrected chi connectivity index (χ3v) is 8.12. The molecule has 0 spiro atoms. The Morgan fingerprint density at radius 3 is 2.10 bits per heavy atom. The second-order valence-electron chi connectivity index (χ2n) is 7.50. The number of rotatable bonds is 12. The Hall–Kier alpha value is -2.03. The monoisotopic (exact) mass is 451 g/mol. The first-order chi connectivity index (χ1) is 14.1. The van der Waals surface area contributed by atoms with E-state index in [1.807, 2.05) is 6.92 Å². The van der Waals surface area contributed by atoms with E-state index in [9.17, 15) is 21.6 Å². The number of ketones is 1. The predicted molar refractivity (Wildman–Crippen MR) is 118 cm³/mol. The second-order valence-corrected chi connectivity index (χ2v) is 11.3. The number of hydrogen-bond donors (Lipinski definition) is 1. The Labute approximate surface area is 179 Å². The Morgan fingerprint density at radius 1 is 0.867 bits per heavy atom. The van der Waals surface area contributed by atoms with Crippen LogP contribution in [0.1, 0.15) is 44.6 Å². The van der Waals surface area contributed by atoms with E-state index in [0.29, 0.717) is 25.7 Å². The topological polar surface area (TPSA) is 97.4 Å². The summed E-state index contributed by atoms with van der Waals surface area (Å²) in [6.07, 6.45) is 2.32. The quantitative estimate of drug-likeness (QED) is 0.497. The number of nitrogens with one attached hydrogen (secondary N) is 1. The van der Waals surface area contributed by atoms with Crippen molar-refractivity contribution in [1.82, 2.24) is 4.72 Å². The zero-order chi connectivity index (χ0) is 22.2. The van der Waals surface area contributed by atoms with Crippen molar-refractivity contribution in [3.63, 3.8) is 0 Å². The molecular formula is C22H29NO5S2. The van der Waals surface area contributed by atoms with Crippen LogP contribution in [-0.2, 0) is 24.7 Å². The van der Waals surface area contributed by atoms with Crippen LogP contribution in [-0.4, -0.2) is 34.4 Å². The lowest BCUT2D eigenvalue weighted by Crippen LogP contribution is -2.36. The lowest BCUT2D eigenvalue weighted by atomic mass is 10.1. The third-order valence-electron chi connectivity index (χ3n) is 4.82. The van der Waals surface area contributed by atoms with Crippen molar-refractivity contribution < 1.29 is 21.6 Å². The van der Waals surface area contributed by atoms with Crippen LogP contribution in [0.5, 0.6) is 0 Å². The van der Waals surface area contributed by atoms with E-state index >= 15 is 0 Å². The van der Waals surface area contributed by atoms with Gasteiger partial charge >= 0.3 is 0 Å². The summed E-state index contributed by atoms with van der Waals surface area (Å²) >= 11 is 0. The number of sulfonamides is 1. The van der Waals surface area contributed by atoms with Gasteiger partial charge in [0.1, 0.15) is 5.78 Å². The normalized spacial score (nSPS) is 13.1. The zero-order valence-corrected chi connectivity index (χ0v) is 19.0. The predicted octanol–water partition coefficient (Wildman–Crippen LogP) is 3.66. The first kappa shape index (κ1) is 24.2. The molecular weight excluding hydrogens is 422 g/mol. The number of benzene rings is 2. The van der Waals surface area contributed by atoms with Crippen LogP contribution in [0.25, 0.3) is 0 Å². The highest BCUT2D eigenvalue weighted by Gasteiger charge is 2.23. The van der Waals surface area contributed by atoms with Gasteiger partial charge in [-0.3, -0.25) is 0 Å². The van der Waals surface area contributed by atoms with Crippen molar-refractivity contribution in [1.29, 1.82) is 0 Å². The van der Waals surface area contributed by atoms with Gasteiger partial charge in [-0.1, -0.05) is 42.3 Å². The van der Waals surface area contributed by atoms with E-state index in [1.54, 1.807) is 30.3 Å². The molecule has 0 saturated heterocycles. The molecule has 0 amide bonds. The van der Waals surface area contributed by atoms with Crippen LogP contribution in [0.2, 0.25) is 0 Å². The summed E-state index contributed by atoms with van der Waals surface area (Å²) in [4.78, 5) is 11.5. The summed E-state index contributed by atoms with van der Waals surface area (Å²) in [6.45, 7) is 3.39. The minimum absolute atomic E-state index is 0.0819. The third kappa shape index (κ3) is 7.66. The second kappa shape index (κ2) is 10.8. The van der Waals surface area contributed by atoms with Crippen LogP contribution < -0.4 is 4.72 Å². The van der Waals surface area contributed by atoms with Crippen LogP contribution in [0.15, 0.2) is 64.4 Å². The van der Waals surface area contributed by atoms with Gasteiger partial charge in [0, 0.05) is 12.5 Å². The van der Waals surface area contributed by atoms with Crippen molar-refractivity contribution in [3.8, 4) is 0 Å². The van der Waals surface area contributed by atoms with Gasteiger partial charge in [-0.05, 0) is 57.4 Å². The van der Waals surface area contributed by atoms with E-state index in [2.05, 4.69) is 4.72 Å². The molecule has 0 aliphatic rings. The van der Waals surface area contributed by atoms with Gasteiger partial charge < -0.3 is 4.79 Å². The van der Waals surface area contributed by atoms with Crippen molar-refractivity contribution in [2.75, 3.05) is 5.75 Å². The van der Waals surface area contributed by atoms with E-state index in [0.717, 1.165) is 5.56 Å². The van der Waals surface area contributed by atoms with E-state index in [1.165, 1.54) is 31.2 Å². The highest BCUT2D eigenvalue weighted by molar-refractivity contribution is 7.91. The van der Waals surface area contributed by atoms with Crippen LogP contribution in [0, 0.1) is 6.92 Å². The summed E-state index contributed by atoms with van der Waals surface area (Å²) in [5, 5.41) is 0. The molecule has 6 nitrogen and oxygen atoms in total. The molecule has 0 heterocycles. The minimum atomic E-state index is -3.77. The fourth-order valence-electron chi connectivity index (χ4n) is 3.07. The molecule has 2 aromatic carbocycles. The Kier molecular flexibility index (Phi) is 8.76. The molecule has 0 aromatic heterocycles. The van der Waals surface area contributed by atoms with Gasteiger partial charge in [-0.15, -0.1) is 0 Å². The number of sulfone groups is 1. The molecule has 0 fully saturated rings. The smallest absolute Gasteiger partial charge is 0.240 e. The lowest BCUT2D eigenvalue weighted by Gasteiger charge is -2.19. The highest BCUT2D eigenvalue weighted by Crippen LogP contribution is 2.17. The maximum atomic E-state index is 12.8. The molecule has 164 valence electrons. The molecule has 8 heteroatoms. The van der Waals surface area contributed by atoms with Gasteiger partial charge in [0.15, 0.2) is 9.84 Å². The van der Waals surface area contributed by atoms with Crippen molar-refractivity contribution in [3.05, 3.63) is 60.2 Å². The maximum absolute atomic E-state index is 12.8. The van der Waals surface area contributed by atoms with Crippen LogP contribution in [0.4, 0.5) is 0 Å². The van der Waals surface area contributed by atoms with Crippen molar-refractivity contribution >= 4 is 25.6 Å². The number of Topliss-reactive ketones (excluding diaryl/α,β-unsaturated/α-hetero) is 1. The number of carbonyl (C=O) groups excluding carboxylic acids is 1. The Morgan fingerprint density at radius 2 is 1.50 bits per heavy atom. The largest absolute Gasteiger partial charge is 0.300 e. The highest BCUT2D eigenvalue weighted by atomic mass is 32.2. The minimum Gasteiger partial charge on any atom is -0.300 e. The summed E-state index contributed by atoms with van der Waals surface area (Å²) in [5.41, 5.74) is 0.948. The number of aryl methyl sites for hydroxylation is 1. The molecule has 0 aliphatic heterocycles. The maximum Gasteiger partial charge on any atom is 0.240 e. The lowest BCUT2D eigenvalue weighted by molar-refractivity contribution is -0.117. The fourth-order valence-corrected chi connectivity index (χ4v) is 5.78. The SMILES string of the molecule is CC(=O)CCCCC(CCS(=O)(=O)c1ccccc1)NS(=O)(=O)c1ccc(C)cc1. The standard InChI is InChI=1S/C22H29NO5S2/c1-18-12-14-22(15-13-18)30(27,28)23-20(9-7-6-8-19(2)24)16-17-29(25,26)21-10-4-3-5-11-21/h3-5,10-15,20,23H,6-9,16-17H2,1-2H3. The number of hydrogen-bond acceptors (Lipinski definition) is 5. The molecule has 0 bridgehead atoms. The van der Waals surface area contributed by atoms with Crippen LogP contribution in [0.3, 0.4) is 0 Å². The summed E-state index contributed by atoms with van der Waals surface area (Å²) in [5.74, 6) is -0.0800. The van der Waals surface area contributed by atoms with E-state index in [4.69, 9.17) is 0 Å². The van der Waals surface area contributed by atoms with Crippen molar-refractivity contribution in [2.45, 2.75) is 61.8 Å². The van der Waals surface area contributed by atoms with Gasteiger partial charge in [-0.2, -0.15) is 0 Å². The van der Waals surface area contributed by atoms with Crippen molar-refractivity contribution in [2.24, 2.45) is 0 Å². The Balaban J connectivity index is 2.11. The van der Waals surface area contributed by atoms with E-state index in [-0.39, 0.29) is 27.7 Å². The molecule has 0 radical (unpaired) electrons. The first-order valence-electron chi connectivity index (χ1n) is 9.96. The molecule has 2 rings (SSSR count).